The van der Waals surface area contributed by atoms with Crippen molar-refractivity contribution >= 4 is 11.8 Å². The van der Waals surface area contributed by atoms with Crippen LogP contribution < -0.4 is 0 Å². The van der Waals surface area contributed by atoms with Crippen molar-refractivity contribution in [3.8, 4) is 0 Å². The summed E-state index contributed by atoms with van der Waals surface area (Å²) in [5.74, 6) is -2.29. The van der Waals surface area contributed by atoms with Crippen LogP contribution in [0, 0.1) is 11.6 Å². The molecule has 0 bridgehead atoms. The molecule has 2 rings (SSSR count). The van der Waals surface area contributed by atoms with Crippen LogP contribution in [-0.2, 0) is 0 Å². The number of nitrogens with zero attached hydrogens (tertiary/aromatic N) is 3. The Morgan fingerprint density at radius 1 is 1.25 bits per heavy atom. The lowest BCUT2D eigenvalue weighted by Crippen LogP contribution is -2.29. The maximum absolute atomic E-state index is 14.3. The molecule has 0 fully saturated rings. The Kier molecular flexibility index (Phi) is 6.67. The molecule has 1 aromatic heterocycles. The molecule has 0 amide bonds. The summed E-state index contributed by atoms with van der Waals surface area (Å²) in [6.07, 6.45) is 1.29. The highest BCUT2D eigenvalue weighted by Crippen LogP contribution is 2.38. The van der Waals surface area contributed by atoms with Crippen molar-refractivity contribution in [1.29, 1.82) is 0 Å². The number of aliphatic hydroxyl groups is 3. The van der Waals surface area contributed by atoms with Crippen molar-refractivity contribution in [2.75, 3.05) is 13.2 Å². The van der Waals surface area contributed by atoms with E-state index in [9.17, 15) is 24.1 Å². The summed E-state index contributed by atoms with van der Waals surface area (Å²) < 4.78 is 28.6. The molecule has 1 unspecified atom stereocenters. The molecule has 0 aliphatic carbocycles. The van der Waals surface area contributed by atoms with Gasteiger partial charge in [0.15, 0.2) is 6.23 Å². The van der Waals surface area contributed by atoms with Crippen molar-refractivity contribution < 1.29 is 24.1 Å². The standard InChI is InChI=1S/C15H19F2N3O3S/c1-9(24-11(5-21)6-22)14(15(23)20-8-18-7-19-20)12-3-2-10(16)4-13(12)17/h2-4,7-9,11,14-15,21-23H,5-6H2,1H3/t9-,14-,15?/m1/s1. The molecule has 3 N–H and O–H groups in total. The van der Waals surface area contributed by atoms with E-state index in [1.807, 2.05) is 0 Å². The highest BCUT2D eigenvalue weighted by Gasteiger charge is 2.33. The molecule has 3 atom stereocenters. The van der Waals surface area contributed by atoms with Gasteiger partial charge in [0, 0.05) is 17.2 Å². The quantitative estimate of drug-likeness (QED) is 0.658. The van der Waals surface area contributed by atoms with Crippen molar-refractivity contribution in [3.05, 3.63) is 48.1 Å². The van der Waals surface area contributed by atoms with Gasteiger partial charge in [0.2, 0.25) is 0 Å². The van der Waals surface area contributed by atoms with Gasteiger partial charge in [-0.15, -0.1) is 11.8 Å². The van der Waals surface area contributed by atoms with Gasteiger partial charge >= 0.3 is 0 Å². The van der Waals surface area contributed by atoms with Crippen molar-refractivity contribution in [2.45, 2.75) is 29.6 Å². The molecule has 0 aliphatic rings. The van der Waals surface area contributed by atoms with Crippen LogP contribution in [0.3, 0.4) is 0 Å². The molecule has 0 radical (unpaired) electrons. The van der Waals surface area contributed by atoms with Gasteiger partial charge in [-0.1, -0.05) is 13.0 Å². The molecule has 1 aromatic carbocycles. The third-order valence-electron chi connectivity index (χ3n) is 3.67. The first-order chi connectivity index (χ1) is 11.5. The van der Waals surface area contributed by atoms with E-state index in [0.717, 1.165) is 12.1 Å². The van der Waals surface area contributed by atoms with E-state index in [1.165, 1.54) is 35.2 Å². The zero-order valence-corrected chi connectivity index (χ0v) is 13.8. The smallest absolute Gasteiger partial charge is 0.156 e. The van der Waals surface area contributed by atoms with Gasteiger partial charge in [0.1, 0.15) is 24.3 Å². The van der Waals surface area contributed by atoms with Crippen LogP contribution in [0.5, 0.6) is 0 Å². The van der Waals surface area contributed by atoms with Gasteiger partial charge in [-0.3, -0.25) is 0 Å². The van der Waals surface area contributed by atoms with Gasteiger partial charge in [-0.2, -0.15) is 5.10 Å². The second-order valence-corrected chi connectivity index (χ2v) is 6.99. The summed E-state index contributed by atoms with van der Waals surface area (Å²) in [7, 11) is 0. The molecule has 0 saturated carbocycles. The minimum absolute atomic E-state index is 0.119. The van der Waals surface area contributed by atoms with Crippen molar-refractivity contribution in [3.63, 3.8) is 0 Å². The molecular formula is C15H19F2N3O3S. The van der Waals surface area contributed by atoms with Crippen LogP contribution in [0.4, 0.5) is 8.78 Å². The van der Waals surface area contributed by atoms with Gasteiger partial charge in [0.25, 0.3) is 0 Å². The maximum Gasteiger partial charge on any atom is 0.156 e. The van der Waals surface area contributed by atoms with E-state index in [-0.39, 0.29) is 18.8 Å². The summed E-state index contributed by atoms with van der Waals surface area (Å²) in [5.41, 5.74) is 0.119. The van der Waals surface area contributed by atoms with E-state index in [0.29, 0.717) is 0 Å². The lowest BCUT2D eigenvalue weighted by atomic mass is 9.93. The summed E-state index contributed by atoms with van der Waals surface area (Å²) in [5, 5.41) is 32.1. The van der Waals surface area contributed by atoms with Crippen LogP contribution in [0.15, 0.2) is 30.9 Å². The van der Waals surface area contributed by atoms with Gasteiger partial charge in [-0.05, 0) is 11.6 Å². The first kappa shape index (κ1) is 18.8. The topological polar surface area (TPSA) is 91.4 Å². The predicted molar refractivity (Wildman–Crippen MR) is 85.4 cm³/mol. The van der Waals surface area contributed by atoms with Gasteiger partial charge in [-0.25, -0.2) is 18.4 Å². The average molecular weight is 359 g/mol. The average Bonchev–Trinajstić information content (AvgIpc) is 3.09. The zero-order chi connectivity index (χ0) is 17.7. The first-order valence-corrected chi connectivity index (χ1v) is 8.26. The summed E-state index contributed by atoms with van der Waals surface area (Å²) in [4.78, 5) is 3.76. The number of aromatic nitrogens is 3. The monoisotopic (exact) mass is 359 g/mol. The molecule has 6 nitrogen and oxygen atoms in total. The van der Waals surface area contributed by atoms with Crippen LogP contribution in [0.25, 0.3) is 0 Å². The Labute approximate surface area is 142 Å². The predicted octanol–water partition coefficient (Wildman–Crippen LogP) is 1.31. The van der Waals surface area contributed by atoms with Crippen LogP contribution in [-0.4, -0.2) is 53.8 Å². The molecule has 0 saturated heterocycles. The molecule has 1 heterocycles. The lowest BCUT2D eigenvalue weighted by molar-refractivity contribution is 0.0598. The summed E-state index contributed by atoms with van der Waals surface area (Å²) in [6.45, 7) is 1.21. The minimum atomic E-state index is -1.24. The Balaban J connectivity index is 2.37. The number of aliphatic hydroxyl groups excluding tert-OH is 3. The second-order valence-electron chi connectivity index (χ2n) is 5.31. The van der Waals surface area contributed by atoms with E-state index < -0.39 is 34.3 Å². The molecule has 132 valence electrons. The highest BCUT2D eigenvalue weighted by atomic mass is 32.2. The highest BCUT2D eigenvalue weighted by molar-refractivity contribution is 8.00. The van der Waals surface area contributed by atoms with Crippen LogP contribution in [0.2, 0.25) is 0 Å². The number of benzene rings is 1. The van der Waals surface area contributed by atoms with E-state index in [2.05, 4.69) is 10.1 Å². The fourth-order valence-corrected chi connectivity index (χ4v) is 3.71. The van der Waals surface area contributed by atoms with E-state index in [1.54, 1.807) is 6.92 Å². The molecular weight excluding hydrogens is 340 g/mol. The Morgan fingerprint density at radius 3 is 2.50 bits per heavy atom. The van der Waals surface area contributed by atoms with Crippen LogP contribution >= 0.6 is 11.8 Å². The summed E-state index contributed by atoms with van der Waals surface area (Å²) in [6, 6.07) is 3.15. The SMILES string of the molecule is C[C@@H](SC(CO)CO)[C@H](c1ccc(F)cc1F)C(O)n1cncn1. The van der Waals surface area contributed by atoms with E-state index in [4.69, 9.17) is 0 Å². The maximum atomic E-state index is 14.3. The van der Waals surface area contributed by atoms with E-state index >= 15 is 0 Å². The van der Waals surface area contributed by atoms with Crippen LogP contribution in [0.1, 0.15) is 24.6 Å². The molecule has 9 heteroatoms. The molecule has 0 aliphatic heterocycles. The first-order valence-electron chi connectivity index (χ1n) is 7.32. The van der Waals surface area contributed by atoms with Crippen molar-refractivity contribution in [1.82, 2.24) is 14.8 Å². The summed E-state index contributed by atoms with van der Waals surface area (Å²) >= 11 is 1.20. The zero-order valence-electron chi connectivity index (χ0n) is 13.0. The number of halogens is 2. The minimum Gasteiger partial charge on any atom is -0.395 e. The Morgan fingerprint density at radius 2 is 1.96 bits per heavy atom. The lowest BCUT2D eigenvalue weighted by Gasteiger charge is -2.30. The molecule has 24 heavy (non-hydrogen) atoms. The molecule has 0 spiro atoms. The Bertz CT molecular complexity index is 641. The third kappa shape index (κ3) is 4.29. The number of hydrogen-bond donors (Lipinski definition) is 3. The molecule has 2 aromatic rings. The third-order valence-corrected chi connectivity index (χ3v) is 5.08. The van der Waals surface area contributed by atoms with Crippen molar-refractivity contribution in [2.24, 2.45) is 0 Å². The van der Waals surface area contributed by atoms with Gasteiger partial charge in [0.05, 0.1) is 18.5 Å². The van der Waals surface area contributed by atoms with Gasteiger partial charge < -0.3 is 15.3 Å². The fourth-order valence-electron chi connectivity index (χ4n) is 2.48. The number of thioether (sulfide) groups is 1. The largest absolute Gasteiger partial charge is 0.395 e. The Hall–Kier alpha value is -1.55. The second kappa shape index (κ2) is 8.52. The number of hydrogen-bond acceptors (Lipinski definition) is 6. The normalized spacial score (nSPS) is 15.5. The number of rotatable bonds is 8. The fraction of sp³-hybridized carbons (Fsp3) is 0.467.